The number of rotatable bonds is 4. The van der Waals surface area contributed by atoms with Crippen molar-refractivity contribution >= 4 is 84.4 Å². The number of nitrogens with one attached hydrogen (secondary N) is 1. The van der Waals surface area contributed by atoms with Crippen LogP contribution in [0.1, 0.15) is 10.4 Å². The second kappa shape index (κ2) is 8.74. The Hall–Kier alpha value is -1.81. The number of benzene rings is 3. The fourth-order valence-electron chi connectivity index (χ4n) is 2.92. The van der Waals surface area contributed by atoms with Crippen LogP contribution >= 0.6 is 61.7 Å². The van der Waals surface area contributed by atoms with Gasteiger partial charge in [0.1, 0.15) is 11.3 Å². The van der Waals surface area contributed by atoms with Gasteiger partial charge in [-0.15, -0.1) is 0 Å². The molecule has 1 N–H and O–H groups in total. The molecule has 4 aromatic rings. The monoisotopic (exact) mass is 616 g/mol. The van der Waals surface area contributed by atoms with Gasteiger partial charge in [-0.25, -0.2) is 4.98 Å². The van der Waals surface area contributed by atoms with Crippen molar-refractivity contribution in [2.75, 3.05) is 12.4 Å². The molecule has 0 saturated heterocycles. The zero-order chi connectivity index (χ0) is 21.4. The average Bonchev–Trinajstić information content (AvgIpc) is 3.12. The molecule has 5 nitrogen and oxygen atoms in total. The lowest BCUT2D eigenvalue weighted by Gasteiger charge is -2.11. The van der Waals surface area contributed by atoms with Crippen LogP contribution in [0.25, 0.3) is 22.6 Å². The Bertz CT molecular complexity index is 1290. The number of hydrogen-bond acceptors (Lipinski definition) is 4. The fourth-order valence-corrected chi connectivity index (χ4v) is 4.39. The van der Waals surface area contributed by atoms with Crippen LogP contribution < -0.4 is 10.1 Å². The number of carbonyl (C=O) groups is 1. The molecule has 0 spiro atoms. The van der Waals surface area contributed by atoms with Crippen LogP contribution in [0, 0.1) is 3.57 Å². The highest BCUT2D eigenvalue weighted by Crippen LogP contribution is 2.34. The van der Waals surface area contributed by atoms with Crippen LogP contribution in [0.4, 0.5) is 5.69 Å². The van der Waals surface area contributed by atoms with Gasteiger partial charge in [-0.3, -0.25) is 4.79 Å². The van der Waals surface area contributed by atoms with Gasteiger partial charge in [-0.05, 0) is 87.1 Å². The SMILES string of the molecule is COc1c(Cl)cc(Cl)cc1C(=O)Nc1ccc2oc(-c3cc(I)ccc3Br)nc2c1. The van der Waals surface area contributed by atoms with Crippen molar-refractivity contribution in [3.05, 3.63) is 72.2 Å². The molecular formula is C21H12BrCl2IN2O3. The summed E-state index contributed by atoms with van der Waals surface area (Å²) < 4.78 is 13.1. The number of methoxy groups -OCH3 is 1. The average molecular weight is 618 g/mol. The highest BCUT2D eigenvalue weighted by atomic mass is 127. The van der Waals surface area contributed by atoms with E-state index in [4.69, 9.17) is 32.4 Å². The number of halogens is 4. The molecule has 0 aliphatic heterocycles. The standard InChI is InChI=1S/C21H12BrCl2IN2O3/c1-29-19-14(6-10(23)7-16(19)24)20(28)26-12-3-5-18-17(9-12)27-21(30-18)13-8-11(25)2-4-15(13)22/h2-9H,1H3,(H,26,28). The zero-order valence-electron chi connectivity index (χ0n) is 15.3. The third-order valence-corrected chi connectivity index (χ3v) is 6.12. The molecular weight excluding hydrogens is 606 g/mol. The molecule has 0 unspecified atom stereocenters. The smallest absolute Gasteiger partial charge is 0.259 e. The van der Waals surface area contributed by atoms with Crippen LogP contribution in [-0.4, -0.2) is 18.0 Å². The molecule has 1 heterocycles. The quantitative estimate of drug-likeness (QED) is 0.242. The van der Waals surface area contributed by atoms with Crippen molar-refractivity contribution in [1.29, 1.82) is 0 Å². The number of nitrogens with zero attached hydrogens (tertiary/aromatic N) is 1. The Labute approximate surface area is 204 Å². The minimum Gasteiger partial charge on any atom is -0.494 e. The maximum atomic E-state index is 12.8. The third-order valence-electron chi connectivity index (χ3n) is 4.26. The summed E-state index contributed by atoms with van der Waals surface area (Å²) in [4.78, 5) is 17.4. The van der Waals surface area contributed by atoms with Crippen LogP contribution in [0.15, 0.2) is 57.4 Å². The van der Waals surface area contributed by atoms with Crippen LogP contribution in [0.2, 0.25) is 10.0 Å². The Morgan fingerprint density at radius 1 is 1.17 bits per heavy atom. The Kier molecular flexibility index (Phi) is 6.24. The number of amides is 1. The van der Waals surface area contributed by atoms with Crippen molar-refractivity contribution in [3.63, 3.8) is 0 Å². The van der Waals surface area contributed by atoms with E-state index in [0.717, 1.165) is 13.6 Å². The van der Waals surface area contributed by atoms with Gasteiger partial charge in [-0.1, -0.05) is 23.2 Å². The number of ether oxygens (including phenoxy) is 1. The van der Waals surface area contributed by atoms with E-state index in [1.165, 1.54) is 19.2 Å². The van der Waals surface area contributed by atoms with E-state index >= 15 is 0 Å². The highest BCUT2D eigenvalue weighted by molar-refractivity contribution is 14.1. The van der Waals surface area contributed by atoms with E-state index in [0.29, 0.717) is 27.7 Å². The summed E-state index contributed by atoms with van der Waals surface area (Å²) in [6, 6.07) is 14.2. The Balaban J connectivity index is 1.67. The summed E-state index contributed by atoms with van der Waals surface area (Å²) >= 11 is 17.9. The zero-order valence-corrected chi connectivity index (χ0v) is 20.6. The van der Waals surface area contributed by atoms with Crippen molar-refractivity contribution in [1.82, 2.24) is 4.98 Å². The number of oxazole rings is 1. The number of carbonyl (C=O) groups excluding carboxylic acids is 1. The van der Waals surface area contributed by atoms with Crippen molar-refractivity contribution in [2.45, 2.75) is 0 Å². The Morgan fingerprint density at radius 2 is 1.97 bits per heavy atom. The predicted octanol–water partition coefficient (Wildman–Crippen LogP) is 7.43. The predicted molar refractivity (Wildman–Crippen MR) is 131 cm³/mol. The van der Waals surface area contributed by atoms with Gasteiger partial charge in [0.2, 0.25) is 5.89 Å². The van der Waals surface area contributed by atoms with E-state index in [9.17, 15) is 4.79 Å². The first-order chi connectivity index (χ1) is 14.4. The van der Waals surface area contributed by atoms with E-state index in [2.05, 4.69) is 48.8 Å². The minimum atomic E-state index is -0.403. The summed E-state index contributed by atoms with van der Waals surface area (Å²) in [5.41, 5.74) is 2.86. The summed E-state index contributed by atoms with van der Waals surface area (Å²) in [6.45, 7) is 0. The normalized spacial score (nSPS) is 11.0. The molecule has 0 fully saturated rings. The van der Waals surface area contributed by atoms with Crippen molar-refractivity contribution in [3.8, 4) is 17.2 Å². The highest BCUT2D eigenvalue weighted by Gasteiger charge is 2.18. The molecule has 30 heavy (non-hydrogen) atoms. The molecule has 1 amide bonds. The molecule has 9 heteroatoms. The molecule has 4 rings (SSSR count). The van der Waals surface area contributed by atoms with Crippen molar-refractivity contribution in [2.24, 2.45) is 0 Å². The largest absolute Gasteiger partial charge is 0.494 e. The van der Waals surface area contributed by atoms with Crippen molar-refractivity contribution < 1.29 is 13.9 Å². The summed E-state index contributed by atoms with van der Waals surface area (Å²) in [6.07, 6.45) is 0. The van der Waals surface area contributed by atoms with Gasteiger partial charge in [0, 0.05) is 18.8 Å². The molecule has 0 aliphatic rings. The van der Waals surface area contributed by atoms with E-state index in [1.807, 2.05) is 18.2 Å². The first kappa shape index (κ1) is 21.4. The first-order valence-corrected chi connectivity index (χ1v) is 11.2. The molecule has 152 valence electrons. The van der Waals surface area contributed by atoms with Gasteiger partial charge in [0.15, 0.2) is 5.58 Å². The maximum absolute atomic E-state index is 12.8. The van der Waals surface area contributed by atoms with E-state index in [1.54, 1.807) is 18.2 Å². The first-order valence-electron chi connectivity index (χ1n) is 8.56. The molecule has 0 radical (unpaired) electrons. The third kappa shape index (κ3) is 4.30. The molecule has 1 aromatic heterocycles. The maximum Gasteiger partial charge on any atom is 0.259 e. The van der Waals surface area contributed by atoms with Gasteiger partial charge in [-0.2, -0.15) is 0 Å². The molecule has 0 saturated carbocycles. The number of fused-ring (bicyclic) bond motifs is 1. The molecule has 0 bridgehead atoms. The van der Waals surface area contributed by atoms with E-state index < -0.39 is 5.91 Å². The molecule has 3 aromatic carbocycles. The summed E-state index contributed by atoms with van der Waals surface area (Å²) in [5.74, 6) is 0.341. The lowest BCUT2D eigenvalue weighted by Crippen LogP contribution is -2.13. The van der Waals surface area contributed by atoms with Crippen LogP contribution in [0.5, 0.6) is 5.75 Å². The van der Waals surface area contributed by atoms with E-state index in [-0.39, 0.29) is 16.3 Å². The van der Waals surface area contributed by atoms with Gasteiger partial charge in [0.25, 0.3) is 5.91 Å². The Morgan fingerprint density at radius 3 is 2.73 bits per heavy atom. The van der Waals surface area contributed by atoms with Gasteiger partial charge in [0.05, 0.1) is 23.3 Å². The van der Waals surface area contributed by atoms with Gasteiger partial charge >= 0.3 is 0 Å². The number of hydrogen-bond donors (Lipinski definition) is 1. The topological polar surface area (TPSA) is 64.4 Å². The van der Waals surface area contributed by atoms with Gasteiger partial charge < -0.3 is 14.5 Å². The van der Waals surface area contributed by atoms with Crippen LogP contribution in [-0.2, 0) is 0 Å². The lowest BCUT2D eigenvalue weighted by molar-refractivity contribution is 0.102. The summed E-state index contributed by atoms with van der Waals surface area (Å²) in [5, 5.41) is 3.42. The summed E-state index contributed by atoms with van der Waals surface area (Å²) in [7, 11) is 1.44. The second-order valence-electron chi connectivity index (χ2n) is 6.25. The second-order valence-corrected chi connectivity index (χ2v) is 9.19. The number of anilines is 1. The number of aromatic nitrogens is 1. The minimum absolute atomic E-state index is 0.235. The molecule has 0 atom stereocenters. The lowest BCUT2D eigenvalue weighted by atomic mass is 10.1. The fraction of sp³-hybridized carbons (Fsp3) is 0.0476. The molecule has 0 aliphatic carbocycles. The van der Waals surface area contributed by atoms with Crippen LogP contribution in [0.3, 0.4) is 0 Å².